The number of hydrogen-bond donors (Lipinski definition) is 3. The summed E-state index contributed by atoms with van der Waals surface area (Å²) in [4.78, 5) is 15.5. The van der Waals surface area contributed by atoms with Crippen LogP contribution in [0.15, 0.2) is 30.3 Å². The van der Waals surface area contributed by atoms with Crippen molar-refractivity contribution >= 4 is 18.5 Å². The summed E-state index contributed by atoms with van der Waals surface area (Å²) in [6.45, 7) is 11.1. The third-order valence-electron chi connectivity index (χ3n) is 5.40. The summed E-state index contributed by atoms with van der Waals surface area (Å²) in [6, 6.07) is 10.9. The first-order valence-corrected chi connectivity index (χ1v) is 10.4. The summed E-state index contributed by atoms with van der Waals surface area (Å²) in [7, 11) is 0. The maximum atomic E-state index is 13.1. The fourth-order valence-corrected chi connectivity index (χ4v) is 4.00. The highest BCUT2D eigenvalue weighted by atomic mass is 32.1. The van der Waals surface area contributed by atoms with Gasteiger partial charge in [-0.1, -0.05) is 50.6 Å². The van der Waals surface area contributed by atoms with Crippen molar-refractivity contribution in [3.63, 3.8) is 0 Å². The molecule has 0 spiro atoms. The normalized spacial score (nSPS) is 22.6. The maximum absolute atomic E-state index is 13.1. The molecule has 26 heavy (non-hydrogen) atoms. The van der Waals surface area contributed by atoms with Crippen LogP contribution in [-0.4, -0.2) is 47.3 Å². The molecule has 2 rings (SSSR count). The van der Waals surface area contributed by atoms with E-state index in [0.29, 0.717) is 29.8 Å². The molecule has 1 saturated heterocycles. The first-order valence-electron chi connectivity index (χ1n) is 9.91. The molecule has 1 aromatic rings. The van der Waals surface area contributed by atoms with Gasteiger partial charge in [0.2, 0.25) is 5.91 Å². The molecule has 1 aliphatic rings. The molecule has 1 aliphatic heterocycles. The van der Waals surface area contributed by atoms with Crippen LogP contribution in [-0.2, 0) is 11.3 Å². The lowest BCUT2D eigenvalue weighted by Crippen LogP contribution is -2.54. The molecule has 4 nitrogen and oxygen atoms in total. The number of carbonyl (C=O) groups is 1. The van der Waals surface area contributed by atoms with Crippen LogP contribution in [0.3, 0.4) is 0 Å². The highest BCUT2D eigenvalue weighted by Crippen LogP contribution is 2.21. The SMILES string of the molecule is CC[C@H](C)[C@@H](C(=O)NCC1CC(S)CN1)N(Cc1ccccc1)C(C)C. The fraction of sp³-hybridized carbons (Fsp3) is 0.667. The van der Waals surface area contributed by atoms with E-state index in [9.17, 15) is 4.79 Å². The van der Waals surface area contributed by atoms with Crippen LogP contribution in [0.25, 0.3) is 0 Å². The van der Waals surface area contributed by atoms with Gasteiger partial charge in [0.25, 0.3) is 0 Å². The van der Waals surface area contributed by atoms with Gasteiger partial charge in [-0.25, -0.2) is 0 Å². The van der Waals surface area contributed by atoms with Gasteiger partial charge >= 0.3 is 0 Å². The number of nitrogens with one attached hydrogen (secondary N) is 2. The van der Waals surface area contributed by atoms with Gasteiger partial charge in [-0.15, -0.1) is 0 Å². The topological polar surface area (TPSA) is 44.4 Å². The fourth-order valence-electron chi connectivity index (χ4n) is 3.64. The Kier molecular flexibility index (Phi) is 8.45. The molecule has 2 N–H and O–H groups in total. The number of thiol groups is 1. The van der Waals surface area contributed by atoms with E-state index in [1.165, 1.54) is 5.56 Å². The van der Waals surface area contributed by atoms with Crippen molar-refractivity contribution in [2.24, 2.45) is 5.92 Å². The van der Waals surface area contributed by atoms with Gasteiger partial charge in [0.05, 0.1) is 6.04 Å². The number of benzene rings is 1. The molecule has 1 amide bonds. The number of carbonyl (C=O) groups excluding carboxylic acids is 1. The van der Waals surface area contributed by atoms with E-state index in [-0.39, 0.29) is 11.9 Å². The lowest BCUT2D eigenvalue weighted by Gasteiger charge is -2.37. The van der Waals surface area contributed by atoms with Crippen LogP contribution < -0.4 is 10.6 Å². The van der Waals surface area contributed by atoms with Gasteiger partial charge in [-0.3, -0.25) is 9.69 Å². The molecule has 4 atom stereocenters. The molecular formula is C21H35N3OS. The molecule has 0 bridgehead atoms. The van der Waals surface area contributed by atoms with E-state index >= 15 is 0 Å². The number of amides is 1. The van der Waals surface area contributed by atoms with Crippen LogP contribution in [0.2, 0.25) is 0 Å². The van der Waals surface area contributed by atoms with Gasteiger partial charge in [0.1, 0.15) is 0 Å². The largest absolute Gasteiger partial charge is 0.353 e. The molecule has 0 aliphatic carbocycles. The Bertz CT molecular complexity index is 551. The minimum absolute atomic E-state index is 0.117. The summed E-state index contributed by atoms with van der Waals surface area (Å²) < 4.78 is 0. The number of nitrogens with zero attached hydrogens (tertiary/aromatic N) is 1. The third kappa shape index (κ3) is 6.00. The molecule has 0 aromatic heterocycles. The van der Waals surface area contributed by atoms with Crippen molar-refractivity contribution < 1.29 is 4.79 Å². The van der Waals surface area contributed by atoms with Crippen LogP contribution in [0.1, 0.15) is 46.1 Å². The van der Waals surface area contributed by atoms with Crippen molar-refractivity contribution in [1.82, 2.24) is 15.5 Å². The first-order chi connectivity index (χ1) is 12.4. The molecule has 1 heterocycles. The predicted octanol–water partition coefficient (Wildman–Crippen LogP) is 3.09. The maximum Gasteiger partial charge on any atom is 0.237 e. The minimum Gasteiger partial charge on any atom is -0.353 e. The third-order valence-corrected chi connectivity index (χ3v) is 5.79. The van der Waals surface area contributed by atoms with Crippen molar-refractivity contribution in [3.8, 4) is 0 Å². The highest BCUT2D eigenvalue weighted by molar-refractivity contribution is 7.81. The predicted molar refractivity (Wildman–Crippen MR) is 113 cm³/mol. The van der Waals surface area contributed by atoms with Crippen LogP contribution in [0.4, 0.5) is 0 Å². The molecule has 1 aromatic carbocycles. The van der Waals surface area contributed by atoms with Gasteiger partial charge in [-0.05, 0) is 31.7 Å². The Morgan fingerprint density at radius 1 is 1.31 bits per heavy atom. The summed E-state index contributed by atoms with van der Waals surface area (Å²) in [5.74, 6) is 0.448. The Morgan fingerprint density at radius 2 is 2.00 bits per heavy atom. The minimum atomic E-state index is -0.117. The average Bonchev–Trinajstić information content (AvgIpc) is 3.05. The van der Waals surface area contributed by atoms with Crippen molar-refractivity contribution in [1.29, 1.82) is 0 Å². The summed E-state index contributed by atoms with van der Waals surface area (Å²) in [6.07, 6.45) is 1.99. The Balaban J connectivity index is 2.07. The Labute approximate surface area is 164 Å². The molecule has 2 unspecified atom stereocenters. The van der Waals surface area contributed by atoms with Gasteiger partial charge in [-0.2, -0.15) is 12.6 Å². The van der Waals surface area contributed by atoms with Crippen LogP contribution >= 0.6 is 12.6 Å². The lowest BCUT2D eigenvalue weighted by atomic mass is 9.94. The van der Waals surface area contributed by atoms with E-state index in [1.54, 1.807) is 0 Å². The lowest BCUT2D eigenvalue weighted by molar-refractivity contribution is -0.129. The quantitative estimate of drug-likeness (QED) is 0.580. The number of hydrogen-bond acceptors (Lipinski definition) is 4. The van der Waals surface area contributed by atoms with Gasteiger partial charge in [0, 0.05) is 37.0 Å². The molecule has 5 heteroatoms. The zero-order valence-corrected chi connectivity index (χ0v) is 17.5. The second kappa shape index (κ2) is 10.3. The zero-order chi connectivity index (χ0) is 19.1. The molecule has 146 valence electrons. The van der Waals surface area contributed by atoms with E-state index in [2.05, 4.69) is 80.1 Å². The average molecular weight is 378 g/mol. The van der Waals surface area contributed by atoms with Crippen molar-refractivity contribution in [2.75, 3.05) is 13.1 Å². The van der Waals surface area contributed by atoms with E-state index < -0.39 is 0 Å². The smallest absolute Gasteiger partial charge is 0.237 e. The standard InChI is InChI=1S/C21H35N3OS/c1-5-16(4)20(21(25)23-12-18-11-19(26)13-22-18)24(15(2)3)14-17-9-7-6-8-10-17/h6-10,15-16,18-20,22,26H,5,11-14H2,1-4H3,(H,23,25)/t16-,18?,19?,20-/m0/s1. The second-order valence-corrected chi connectivity index (χ2v) is 8.55. The Morgan fingerprint density at radius 3 is 2.54 bits per heavy atom. The highest BCUT2D eigenvalue weighted by Gasteiger charge is 2.32. The molecule has 0 saturated carbocycles. The molecular weight excluding hydrogens is 342 g/mol. The second-order valence-electron chi connectivity index (χ2n) is 7.82. The van der Waals surface area contributed by atoms with Crippen molar-refractivity contribution in [2.45, 2.75) is 70.5 Å². The molecule has 1 fully saturated rings. The Hall–Kier alpha value is -1.04. The van der Waals surface area contributed by atoms with E-state index in [4.69, 9.17) is 0 Å². The monoisotopic (exact) mass is 377 g/mol. The number of rotatable bonds is 9. The van der Waals surface area contributed by atoms with Gasteiger partial charge < -0.3 is 10.6 Å². The summed E-state index contributed by atoms with van der Waals surface area (Å²) >= 11 is 4.52. The van der Waals surface area contributed by atoms with Crippen molar-refractivity contribution in [3.05, 3.63) is 35.9 Å². The molecule has 0 radical (unpaired) electrons. The first kappa shape index (κ1) is 21.3. The van der Waals surface area contributed by atoms with Crippen LogP contribution in [0.5, 0.6) is 0 Å². The summed E-state index contributed by atoms with van der Waals surface area (Å²) in [5, 5.41) is 7.03. The summed E-state index contributed by atoms with van der Waals surface area (Å²) in [5.41, 5.74) is 1.25. The van der Waals surface area contributed by atoms with E-state index in [1.807, 2.05) is 6.07 Å². The van der Waals surface area contributed by atoms with Crippen LogP contribution in [0, 0.1) is 5.92 Å². The zero-order valence-electron chi connectivity index (χ0n) is 16.6. The van der Waals surface area contributed by atoms with Gasteiger partial charge in [0.15, 0.2) is 0 Å². The van der Waals surface area contributed by atoms with E-state index in [0.717, 1.165) is 25.9 Å².